The first kappa shape index (κ1) is 24.1. The predicted molar refractivity (Wildman–Crippen MR) is 135 cm³/mol. The summed E-state index contributed by atoms with van der Waals surface area (Å²) in [6.45, 7) is 7.34. The molecule has 0 saturated heterocycles. The Morgan fingerprint density at radius 1 is 1.08 bits per heavy atom. The van der Waals surface area contributed by atoms with Crippen LogP contribution in [-0.4, -0.2) is 28.3 Å². The van der Waals surface area contributed by atoms with Crippen LogP contribution in [0.3, 0.4) is 0 Å². The number of benzene rings is 3. The Bertz CT molecular complexity index is 1500. The summed E-state index contributed by atoms with van der Waals surface area (Å²) in [7, 11) is 0. The van der Waals surface area contributed by atoms with Crippen LogP contribution in [0.5, 0.6) is 5.75 Å². The predicted octanol–water partition coefficient (Wildman–Crippen LogP) is 7.18. The number of carboxylic acid groups (broad SMARTS) is 1. The number of aromatic nitrogens is 1. The van der Waals surface area contributed by atoms with Gasteiger partial charge in [-0.1, -0.05) is 24.3 Å². The van der Waals surface area contributed by atoms with Crippen molar-refractivity contribution in [1.82, 2.24) is 4.98 Å². The standard InChI is InChI=1S/C29H27F2NO4/c1-15-21(27(30)31)17-7-5-6-8-18(17)24(22(15)26(28(33)34)36-29(2,3)4)19-9-10-20-23-16(12-14-35-20)11-13-32-25(19)23/h5-11,13,26-27H,12,14H2,1-4H3,(H,33,34)/t26-/m0/s1. The molecule has 5 nitrogen and oxygen atoms in total. The van der Waals surface area contributed by atoms with Crippen LogP contribution in [0, 0.1) is 6.92 Å². The summed E-state index contributed by atoms with van der Waals surface area (Å²) in [4.78, 5) is 17.3. The third-order valence-electron chi connectivity index (χ3n) is 6.58. The fraction of sp³-hybridized carbons (Fsp3) is 0.310. The second-order valence-corrected chi connectivity index (χ2v) is 10.0. The van der Waals surface area contributed by atoms with Crippen LogP contribution in [0.4, 0.5) is 8.78 Å². The molecule has 4 aromatic rings. The topological polar surface area (TPSA) is 68.7 Å². The molecule has 7 heteroatoms. The van der Waals surface area contributed by atoms with E-state index in [1.165, 1.54) is 0 Å². The average molecular weight is 492 g/mol. The molecule has 1 aliphatic rings. The summed E-state index contributed by atoms with van der Waals surface area (Å²) in [6, 6.07) is 12.5. The lowest BCUT2D eigenvalue weighted by molar-refractivity contribution is -0.160. The molecule has 186 valence electrons. The maximum atomic E-state index is 14.5. The third-order valence-corrected chi connectivity index (χ3v) is 6.58. The van der Waals surface area contributed by atoms with Gasteiger partial charge in [-0.25, -0.2) is 13.6 Å². The van der Waals surface area contributed by atoms with Gasteiger partial charge >= 0.3 is 5.97 Å². The highest BCUT2D eigenvalue weighted by Gasteiger charge is 2.35. The van der Waals surface area contributed by atoms with Crippen LogP contribution < -0.4 is 4.74 Å². The quantitative estimate of drug-likeness (QED) is 0.320. The van der Waals surface area contributed by atoms with Gasteiger partial charge in [0.1, 0.15) is 5.75 Å². The third kappa shape index (κ3) is 3.97. The van der Waals surface area contributed by atoms with Crippen LogP contribution >= 0.6 is 0 Å². The maximum absolute atomic E-state index is 14.5. The SMILES string of the molecule is Cc1c([C@H](OC(C)(C)C)C(=O)O)c(-c2ccc3c4c(ccnc24)CCO3)c2ccccc2c1C(F)F. The molecule has 1 aromatic heterocycles. The molecule has 0 radical (unpaired) electrons. The van der Waals surface area contributed by atoms with E-state index >= 15 is 0 Å². The minimum atomic E-state index is -2.80. The first-order valence-corrected chi connectivity index (χ1v) is 11.9. The molecule has 0 bridgehead atoms. The molecule has 36 heavy (non-hydrogen) atoms. The summed E-state index contributed by atoms with van der Waals surface area (Å²) in [5.74, 6) is -0.542. The average Bonchev–Trinajstić information content (AvgIpc) is 2.82. The lowest BCUT2D eigenvalue weighted by Crippen LogP contribution is -2.28. The second kappa shape index (κ2) is 8.82. The van der Waals surface area contributed by atoms with Gasteiger partial charge in [-0.3, -0.25) is 4.98 Å². The van der Waals surface area contributed by atoms with Gasteiger partial charge < -0.3 is 14.6 Å². The molecule has 1 aliphatic heterocycles. The lowest BCUT2D eigenvalue weighted by atomic mass is 9.83. The van der Waals surface area contributed by atoms with Crippen molar-refractivity contribution < 1.29 is 28.2 Å². The van der Waals surface area contributed by atoms with E-state index in [0.717, 1.165) is 17.4 Å². The largest absolute Gasteiger partial charge is 0.493 e. The van der Waals surface area contributed by atoms with E-state index < -0.39 is 24.1 Å². The number of halogens is 2. The molecule has 1 N–H and O–H groups in total. The van der Waals surface area contributed by atoms with Gasteiger partial charge in [0.25, 0.3) is 6.43 Å². The molecule has 0 unspecified atom stereocenters. The Kier molecular flexibility index (Phi) is 5.91. The minimum Gasteiger partial charge on any atom is -0.493 e. The number of carbonyl (C=O) groups is 1. The van der Waals surface area contributed by atoms with E-state index in [2.05, 4.69) is 4.98 Å². The van der Waals surface area contributed by atoms with Gasteiger partial charge in [-0.05, 0) is 73.4 Å². The summed E-state index contributed by atoms with van der Waals surface area (Å²) >= 11 is 0. The van der Waals surface area contributed by atoms with E-state index in [0.29, 0.717) is 39.8 Å². The number of hydrogen-bond donors (Lipinski definition) is 1. The molecule has 0 aliphatic carbocycles. The molecule has 1 atom stereocenters. The zero-order valence-corrected chi connectivity index (χ0v) is 20.6. The molecular weight excluding hydrogens is 464 g/mol. The van der Waals surface area contributed by atoms with Crippen molar-refractivity contribution in [2.75, 3.05) is 6.61 Å². The molecule has 0 fully saturated rings. The summed E-state index contributed by atoms with van der Waals surface area (Å²) in [5.41, 5.74) is 2.29. The normalized spacial score (nSPS) is 14.3. The summed E-state index contributed by atoms with van der Waals surface area (Å²) < 4.78 is 40.8. The number of hydrogen-bond acceptors (Lipinski definition) is 4. The number of nitrogens with zero attached hydrogens (tertiary/aromatic N) is 1. The van der Waals surface area contributed by atoms with E-state index in [1.807, 2.05) is 18.2 Å². The summed E-state index contributed by atoms with van der Waals surface area (Å²) in [6.07, 6.45) is -1.82. The monoisotopic (exact) mass is 491 g/mol. The van der Waals surface area contributed by atoms with Crippen LogP contribution in [0.15, 0.2) is 48.7 Å². The molecular formula is C29H27F2NO4. The van der Waals surface area contributed by atoms with E-state index in [-0.39, 0.29) is 16.7 Å². The van der Waals surface area contributed by atoms with Gasteiger partial charge in [0.15, 0.2) is 6.10 Å². The molecule has 5 rings (SSSR count). The zero-order chi connectivity index (χ0) is 25.8. The first-order chi connectivity index (χ1) is 17.1. The Balaban J connectivity index is 1.97. The van der Waals surface area contributed by atoms with Gasteiger partial charge in [0.05, 0.1) is 17.7 Å². The first-order valence-electron chi connectivity index (χ1n) is 11.9. The number of aliphatic carboxylic acids is 1. The van der Waals surface area contributed by atoms with Crippen molar-refractivity contribution in [1.29, 1.82) is 0 Å². The number of ether oxygens (including phenoxy) is 2. The van der Waals surface area contributed by atoms with Crippen LogP contribution in [-0.2, 0) is 16.0 Å². The van der Waals surface area contributed by atoms with Crippen LogP contribution in [0.2, 0.25) is 0 Å². The van der Waals surface area contributed by atoms with Crippen molar-refractivity contribution in [2.24, 2.45) is 0 Å². The number of rotatable bonds is 5. The molecule has 0 spiro atoms. The van der Waals surface area contributed by atoms with Crippen LogP contribution in [0.1, 0.15) is 55.6 Å². The Labute approximate surface area is 207 Å². The fourth-order valence-corrected chi connectivity index (χ4v) is 5.20. The van der Waals surface area contributed by atoms with E-state index in [4.69, 9.17) is 9.47 Å². The highest BCUT2D eigenvalue weighted by molar-refractivity contribution is 6.09. The Morgan fingerprint density at radius 2 is 1.81 bits per heavy atom. The highest BCUT2D eigenvalue weighted by atomic mass is 19.3. The molecule has 0 saturated carbocycles. The van der Waals surface area contributed by atoms with E-state index in [1.54, 1.807) is 58.2 Å². The number of alkyl halides is 2. The van der Waals surface area contributed by atoms with Crippen molar-refractivity contribution in [3.63, 3.8) is 0 Å². The highest BCUT2D eigenvalue weighted by Crippen LogP contribution is 2.47. The smallest absolute Gasteiger partial charge is 0.337 e. The molecule has 3 aromatic carbocycles. The zero-order valence-electron chi connectivity index (χ0n) is 20.6. The van der Waals surface area contributed by atoms with Crippen molar-refractivity contribution in [3.05, 3.63) is 70.9 Å². The van der Waals surface area contributed by atoms with Gasteiger partial charge in [-0.15, -0.1) is 0 Å². The number of pyridine rings is 1. The van der Waals surface area contributed by atoms with Gasteiger partial charge in [0.2, 0.25) is 0 Å². The maximum Gasteiger partial charge on any atom is 0.337 e. The van der Waals surface area contributed by atoms with Gasteiger partial charge in [-0.2, -0.15) is 0 Å². The van der Waals surface area contributed by atoms with Crippen LogP contribution in [0.25, 0.3) is 32.8 Å². The number of fused-ring (bicyclic) bond motifs is 1. The van der Waals surface area contributed by atoms with Crippen molar-refractivity contribution in [3.8, 4) is 16.9 Å². The Morgan fingerprint density at radius 3 is 2.47 bits per heavy atom. The van der Waals surface area contributed by atoms with E-state index in [9.17, 15) is 18.7 Å². The minimum absolute atomic E-state index is 0.188. The van der Waals surface area contributed by atoms with Crippen molar-refractivity contribution >= 4 is 27.6 Å². The van der Waals surface area contributed by atoms with Gasteiger partial charge in [0, 0.05) is 34.7 Å². The number of carboxylic acids is 1. The fourth-order valence-electron chi connectivity index (χ4n) is 5.20. The summed E-state index contributed by atoms with van der Waals surface area (Å²) in [5, 5.41) is 12.0. The second-order valence-electron chi connectivity index (χ2n) is 10.0. The Hall–Kier alpha value is -3.58. The molecule has 0 amide bonds. The molecule has 2 heterocycles. The lowest BCUT2D eigenvalue weighted by Gasteiger charge is -2.30. The van der Waals surface area contributed by atoms with Crippen molar-refractivity contribution in [2.45, 2.75) is 52.2 Å².